The summed E-state index contributed by atoms with van der Waals surface area (Å²) in [5.74, 6) is 0.678. The van der Waals surface area contributed by atoms with Gasteiger partial charge in [0, 0.05) is 11.6 Å². The minimum absolute atomic E-state index is 0.117. The first-order chi connectivity index (χ1) is 9.24. The highest BCUT2D eigenvalue weighted by Crippen LogP contribution is 2.28. The fourth-order valence-electron chi connectivity index (χ4n) is 1.61. The van der Waals surface area contributed by atoms with Crippen molar-refractivity contribution in [1.82, 2.24) is 9.97 Å². The predicted molar refractivity (Wildman–Crippen MR) is 73.4 cm³/mol. The predicted octanol–water partition coefficient (Wildman–Crippen LogP) is 2.33. The van der Waals surface area contributed by atoms with Gasteiger partial charge in [0.15, 0.2) is 0 Å². The van der Waals surface area contributed by atoms with E-state index in [1.54, 1.807) is 13.2 Å². The van der Waals surface area contributed by atoms with Gasteiger partial charge in [-0.3, -0.25) is 4.79 Å². The molecule has 0 radical (unpaired) electrons. The molecule has 19 heavy (non-hydrogen) atoms. The molecule has 0 aliphatic carbocycles. The summed E-state index contributed by atoms with van der Waals surface area (Å²) in [6, 6.07) is 9.15. The molecule has 0 aliphatic heterocycles. The van der Waals surface area contributed by atoms with Gasteiger partial charge in [0.2, 0.25) is 5.91 Å². The number of hydrogen-bond acceptors (Lipinski definition) is 4. The topological polar surface area (TPSA) is 64.1 Å². The number of carbonyl (C=O) groups excluding carboxylic acids is 1. The van der Waals surface area contributed by atoms with Crippen LogP contribution in [0, 0.1) is 0 Å². The molecule has 0 aliphatic rings. The van der Waals surface area contributed by atoms with Gasteiger partial charge in [-0.1, -0.05) is 12.1 Å². The number of rotatable bonds is 4. The number of anilines is 1. The van der Waals surface area contributed by atoms with Crippen LogP contribution in [0.2, 0.25) is 0 Å². The monoisotopic (exact) mass is 277 g/mol. The fraction of sp³-hybridized carbons (Fsp3) is 0.154. The molecule has 98 valence electrons. The van der Waals surface area contributed by atoms with Gasteiger partial charge in [-0.2, -0.15) is 0 Å². The minimum atomic E-state index is -0.314. The number of nitrogens with one attached hydrogen (secondary N) is 1. The summed E-state index contributed by atoms with van der Waals surface area (Å²) < 4.78 is 5.27. The highest BCUT2D eigenvalue weighted by Gasteiger charge is 2.08. The van der Waals surface area contributed by atoms with Crippen molar-refractivity contribution in [3.63, 3.8) is 0 Å². The van der Waals surface area contributed by atoms with Crippen molar-refractivity contribution in [2.75, 3.05) is 18.3 Å². The second-order valence-electron chi connectivity index (χ2n) is 3.67. The van der Waals surface area contributed by atoms with Crippen molar-refractivity contribution >= 4 is 23.3 Å². The molecule has 6 heteroatoms. The number of halogens is 1. The molecule has 1 heterocycles. The zero-order valence-electron chi connectivity index (χ0n) is 10.3. The zero-order chi connectivity index (χ0) is 13.7. The molecule has 1 amide bonds. The molecule has 2 rings (SSSR count). The van der Waals surface area contributed by atoms with Gasteiger partial charge in [-0.05, 0) is 12.1 Å². The molecule has 0 bridgehead atoms. The Kier molecular flexibility index (Phi) is 4.30. The van der Waals surface area contributed by atoms with E-state index in [9.17, 15) is 4.79 Å². The number of alkyl halides is 1. The van der Waals surface area contributed by atoms with Gasteiger partial charge in [0.05, 0.1) is 12.8 Å². The van der Waals surface area contributed by atoms with Crippen LogP contribution in [0.15, 0.2) is 36.7 Å². The summed E-state index contributed by atoms with van der Waals surface area (Å²) in [5.41, 5.74) is 1.49. The summed E-state index contributed by atoms with van der Waals surface area (Å²) in [7, 11) is 1.59. The summed E-state index contributed by atoms with van der Waals surface area (Å²) in [4.78, 5) is 19.4. The molecule has 5 nitrogen and oxygen atoms in total. The number of carbonyl (C=O) groups is 1. The summed E-state index contributed by atoms with van der Waals surface area (Å²) in [5, 5.41) is 2.58. The molecule has 0 spiro atoms. The molecule has 1 N–H and O–H groups in total. The zero-order valence-corrected chi connectivity index (χ0v) is 11.0. The number of benzene rings is 1. The molecular weight excluding hydrogens is 266 g/mol. The molecule has 0 fully saturated rings. The van der Waals surface area contributed by atoms with E-state index in [0.717, 1.165) is 5.56 Å². The van der Waals surface area contributed by atoms with Crippen LogP contribution in [0.4, 0.5) is 5.82 Å². The summed E-state index contributed by atoms with van der Waals surface area (Å²) in [6.07, 6.45) is 1.38. The first kappa shape index (κ1) is 13.3. The number of ether oxygens (including phenoxy) is 1. The lowest BCUT2D eigenvalue weighted by Crippen LogP contribution is -2.13. The molecule has 1 aromatic heterocycles. The Morgan fingerprint density at radius 1 is 1.37 bits per heavy atom. The van der Waals surface area contributed by atoms with Crippen LogP contribution in [-0.2, 0) is 4.79 Å². The van der Waals surface area contributed by atoms with Crippen molar-refractivity contribution in [1.29, 1.82) is 0 Å². The normalized spacial score (nSPS) is 10.0. The van der Waals surface area contributed by atoms with E-state index < -0.39 is 0 Å². The fourth-order valence-corrected chi connectivity index (χ4v) is 1.67. The number of amides is 1. The highest BCUT2D eigenvalue weighted by atomic mass is 35.5. The lowest BCUT2D eigenvalue weighted by atomic mass is 10.1. The van der Waals surface area contributed by atoms with Gasteiger partial charge in [-0.25, -0.2) is 9.97 Å². The van der Waals surface area contributed by atoms with Crippen molar-refractivity contribution in [2.45, 2.75) is 0 Å². The molecule has 0 saturated carbocycles. The van der Waals surface area contributed by atoms with Gasteiger partial charge in [-0.15, -0.1) is 11.6 Å². The van der Waals surface area contributed by atoms with E-state index >= 15 is 0 Å². The standard InChI is InChI=1S/C13H12ClN3O2/c1-19-11-5-3-2-4-9(11)10-6-12(16-8-15-10)17-13(18)7-14/h2-6,8H,7H2,1H3,(H,15,16,17,18). The van der Waals surface area contributed by atoms with Crippen molar-refractivity contribution < 1.29 is 9.53 Å². The Bertz CT molecular complexity index is 590. The maximum absolute atomic E-state index is 11.2. The molecular formula is C13H12ClN3O2. The average Bonchev–Trinajstić information content (AvgIpc) is 2.47. The molecule has 0 saturated heterocycles. The van der Waals surface area contributed by atoms with Crippen LogP contribution in [0.5, 0.6) is 5.75 Å². The van der Waals surface area contributed by atoms with E-state index in [0.29, 0.717) is 17.3 Å². The molecule has 0 unspecified atom stereocenters. The van der Waals surface area contributed by atoms with Crippen LogP contribution < -0.4 is 10.1 Å². The maximum Gasteiger partial charge on any atom is 0.240 e. The van der Waals surface area contributed by atoms with E-state index in [1.807, 2.05) is 24.3 Å². The van der Waals surface area contributed by atoms with E-state index in [2.05, 4.69) is 15.3 Å². The third-order valence-corrected chi connectivity index (χ3v) is 2.68. The number of nitrogens with zero attached hydrogens (tertiary/aromatic N) is 2. The van der Waals surface area contributed by atoms with Gasteiger partial charge < -0.3 is 10.1 Å². The smallest absolute Gasteiger partial charge is 0.240 e. The molecule has 0 atom stereocenters. The second-order valence-corrected chi connectivity index (χ2v) is 3.94. The van der Waals surface area contributed by atoms with E-state index in [1.165, 1.54) is 6.33 Å². The van der Waals surface area contributed by atoms with Gasteiger partial charge >= 0.3 is 0 Å². The number of hydrogen-bond donors (Lipinski definition) is 1. The first-order valence-electron chi connectivity index (χ1n) is 5.56. The van der Waals surface area contributed by atoms with Crippen LogP contribution in [-0.4, -0.2) is 28.9 Å². The largest absolute Gasteiger partial charge is 0.496 e. The second kappa shape index (κ2) is 6.15. The lowest BCUT2D eigenvalue weighted by Gasteiger charge is -2.08. The van der Waals surface area contributed by atoms with Crippen molar-refractivity contribution in [2.24, 2.45) is 0 Å². The van der Waals surface area contributed by atoms with Crippen LogP contribution in [0.1, 0.15) is 0 Å². The Labute approximate surface area is 115 Å². The third-order valence-electron chi connectivity index (χ3n) is 2.44. The van der Waals surface area contributed by atoms with Gasteiger partial charge in [0.1, 0.15) is 23.8 Å². The Balaban J connectivity index is 2.35. The third kappa shape index (κ3) is 3.20. The first-order valence-corrected chi connectivity index (χ1v) is 6.09. The van der Waals surface area contributed by atoms with E-state index in [4.69, 9.17) is 16.3 Å². The summed E-state index contributed by atoms with van der Waals surface area (Å²) in [6.45, 7) is 0. The SMILES string of the molecule is COc1ccccc1-c1cc(NC(=O)CCl)ncn1. The average molecular weight is 278 g/mol. The number of methoxy groups -OCH3 is 1. The van der Waals surface area contributed by atoms with Crippen molar-refractivity contribution in [3.05, 3.63) is 36.7 Å². The highest BCUT2D eigenvalue weighted by molar-refractivity contribution is 6.29. The number of para-hydroxylation sites is 1. The van der Waals surface area contributed by atoms with Crippen molar-refractivity contribution in [3.8, 4) is 17.0 Å². The van der Waals surface area contributed by atoms with Crippen LogP contribution in [0.3, 0.4) is 0 Å². The van der Waals surface area contributed by atoms with Crippen LogP contribution >= 0.6 is 11.6 Å². The van der Waals surface area contributed by atoms with Crippen LogP contribution in [0.25, 0.3) is 11.3 Å². The van der Waals surface area contributed by atoms with Gasteiger partial charge in [0.25, 0.3) is 0 Å². The molecule has 2 aromatic rings. The molecule has 1 aromatic carbocycles. The maximum atomic E-state index is 11.2. The Morgan fingerprint density at radius 2 is 2.16 bits per heavy atom. The Hall–Kier alpha value is -2.14. The lowest BCUT2D eigenvalue weighted by molar-refractivity contribution is -0.113. The number of aromatic nitrogens is 2. The Morgan fingerprint density at radius 3 is 2.89 bits per heavy atom. The summed E-state index contributed by atoms with van der Waals surface area (Å²) >= 11 is 5.43. The van der Waals surface area contributed by atoms with E-state index in [-0.39, 0.29) is 11.8 Å². The minimum Gasteiger partial charge on any atom is -0.496 e. The quantitative estimate of drug-likeness (QED) is 0.871.